The molecule has 1 unspecified atom stereocenters. The van der Waals surface area contributed by atoms with Gasteiger partial charge in [-0.25, -0.2) is 9.37 Å². The lowest BCUT2D eigenvalue weighted by atomic mass is 10.3. The predicted octanol–water partition coefficient (Wildman–Crippen LogP) is 3.19. The maximum Gasteiger partial charge on any atom is 0.348 e. The molecule has 0 fully saturated rings. The second-order valence-corrected chi connectivity index (χ2v) is 3.41. The zero-order valence-electron chi connectivity index (χ0n) is 7.35. The lowest BCUT2D eigenvalue weighted by Crippen LogP contribution is -2.24. The van der Waals surface area contributed by atoms with Gasteiger partial charge in [-0.05, 0) is 12.1 Å². The number of nitrogens with zero attached hydrogens (tertiary/aromatic N) is 1. The van der Waals surface area contributed by atoms with Crippen LogP contribution in [-0.2, 0) is 5.92 Å². The minimum Gasteiger partial charge on any atom is -0.337 e. The van der Waals surface area contributed by atoms with Crippen LogP contribution in [-0.4, -0.2) is 15.6 Å². The Bertz CT molecular complexity index is 448. The molecule has 2 nitrogen and oxygen atoms in total. The smallest absolute Gasteiger partial charge is 0.337 e. The van der Waals surface area contributed by atoms with E-state index < -0.39 is 17.4 Å². The summed E-state index contributed by atoms with van der Waals surface area (Å²) in [4.78, 5) is 5.91. The molecule has 1 heterocycles. The van der Waals surface area contributed by atoms with Gasteiger partial charge in [0.25, 0.3) is 0 Å². The molecule has 0 aliphatic carbocycles. The fourth-order valence-electron chi connectivity index (χ4n) is 1.21. The van der Waals surface area contributed by atoms with Crippen LogP contribution in [0.2, 0.25) is 0 Å². The topological polar surface area (TPSA) is 28.7 Å². The molecule has 6 heteroatoms. The Morgan fingerprint density at radius 3 is 2.60 bits per heavy atom. The second kappa shape index (κ2) is 3.41. The highest BCUT2D eigenvalue weighted by Gasteiger charge is 2.44. The first-order valence-corrected chi connectivity index (χ1v) is 4.56. The van der Waals surface area contributed by atoms with Gasteiger partial charge in [-0.15, -0.1) is 0 Å². The number of nitrogens with one attached hydrogen (secondary N) is 1. The Morgan fingerprint density at radius 1 is 1.33 bits per heavy atom. The molecule has 0 aliphatic heterocycles. The molecular formula is C9H6ClF3N2. The fourth-order valence-corrected chi connectivity index (χ4v) is 1.32. The summed E-state index contributed by atoms with van der Waals surface area (Å²) in [5.41, 5.74) is -2.02. The van der Waals surface area contributed by atoms with Crippen LogP contribution >= 0.6 is 11.6 Å². The number of aromatic nitrogens is 2. The first-order chi connectivity index (χ1) is 7.01. The summed E-state index contributed by atoms with van der Waals surface area (Å²) in [7, 11) is 0. The van der Waals surface area contributed by atoms with Crippen molar-refractivity contribution in [2.75, 3.05) is 0 Å². The second-order valence-electron chi connectivity index (χ2n) is 3.03. The van der Waals surface area contributed by atoms with E-state index in [2.05, 4.69) is 9.97 Å². The maximum atomic E-state index is 13.1. The fraction of sp³-hybridized carbons (Fsp3) is 0.222. The molecule has 1 N–H and O–H groups in total. The summed E-state index contributed by atoms with van der Waals surface area (Å²) < 4.78 is 38.7. The number of hydrogen-bond acceptors (Lipinski definition) is 1. The van der Waals surface area contributed by atoms with E-state index in [1.165, 1.54) is 0 Å². The molecule has 15 heavy (non-hydrogen) atoms. The Hall–Kier alpha value is -1.23. The van der Waals surface area contributed by atoms with Crippen molar-refractivity contribution < 1.29 is 13.2 Å². The van der Waals surface area contributed by atoms with Gasteiger partial charge in [0, 0.05) is 0 Å². The van der Waals surface area contributed by atoms with E-state index in [0.29, 0.717) is 11.0 Å². The number of hydrogen-bond donors (Lipinski definition) is 1. The SMILES string of the molecule is FC(Cl)C(F)(F)c1nc2ccccc2[nH]1. The van der Waals surface area contributed by atoms with Crippen LogP contribution < -0.4 is 0 Å². The third-order valence-corrected chi connectivity index (χ3v) is 2.25. The molecule has 1 atom stereocenters. The molecule has 0 amide bonds. The quantitative estimate of drug-likeness (QED) is 0.795. The molecule has 2 aromatic rings. The van der Waals surface area contributed by atoms with Gasteiger partial charge in [0.15, 0.2) is 5.82 Å². The van der Waals surface area contributed by atoms with Gasteiger partial charge in [0.05, 0.1) is 11.0 Å². The molecule has 0 saturated carbocycles. The monoisotopic (exact) mass is 234 g/mol. The standard InChI is InChI=1S/C9H6ClF3N2/c10-7(11)9(12,13)8-14-5-3-1-2-4-6(5)15-8/h1-4,7H,(H,14,15). The van der Waals surface area contributed by atoms with E-state index >= 15 is 0 Å². The van der Waals surface area contributed by atoms with Crippen molar-refractivity contribution in [3.63, 3.8) is 0 Å². The highest BCUT2D eigenvalue weighted by molar-refractivity contribution is 6.20. The molecule has 0 spiro atoms. The first-order valence-electron chi connectivity index (χ1n) is 4.13. The predicted molar refractivity (Wildman–Crippen MR) is 50.7 cm³/mol. The van der Waals surface area contributed by atoms with Gasteiger partial charge < -0.3 is 4.98 Å². The average Bonchev–Trinajstić information content (AvgIpc) is 2.61. The van der Waals surface area contributed by atoms with Crippen molar-refractivity contribution in [2.45, 2.75) is 11.6 Å². The van der Waals surface area contributed by atoms with E-state index in [4.69, 9.17) is 11.6 Å². The van der Waals surface area contributed by atoms with Gasteiger partial charge in [0.1, 0.15) is 0 Å². The summed E-state index contributed by atoms with van der Waals surface area (Å²) in [6.07, 6.45) is 0. The third kappa shape index (κ3) is 1.67. The number of para-hydroxylation sites is 2. The molecule has 2 rings (SSSR count). The Labute approximate surface area is 88.1 Å². The maximum absolute atomic E-state index is 13.1. The van der Waals surface area contributed by atoms with Crippen LogP contribution in [0.25, 0.3) is 11.0 Å². The van der Waals surface area contributed by atoms with Gasteiger partial charge in [0.2, 0.25) is 5.63 Å². The largest absolute Gasteiger partial charge is 0.348 e. The number of aromatic amines is 1. The summed E-state index contributed by atoms with van der Waals surface area (Å²) in [5.74, 6) is -4.56. The lowest BCUT2D eigenvalue weighted by molar-refractivity contribution is -0.0534. The molecule has 0 saturated heterocycles. The minimum atomic E-state index is -3.80. The lowest BCUT2D eigenvalue weighted by Gasteiger charge is -2.12. The number of alkyl halides is 4. The van der Waals surface area contributed by atoms with Crippen LogP contribution in [0.1, 0.15) is 5.82 Å². The van der Waals surface area contributed by atoms with E-state index in [1.54, 1.807) is 24.3 Å². The number of fused-ring (bicyclic) bond motifs is 1. The molecular weight excluding hydrogens is 229 g/mol. The number of halogens is 4. The van der Waals surface area contributed by atoms with Gasteiger partial charge in [-0.3, -0.25) is 0 Å². The average molecular weight is 235 g/mol. The summed E-state index contributed by atoms with van der Waals surface area (Å²) in [6.45, 7) is 0. The van der Waals surface area contributed by atoms with Crippen molar-refractivity contribution >= 4 is 22.6 Å². The van der Waals surface area contributed by atoms with Crippen LogP contribution in [0.3, 0.4) is 0 Å². The Balaban J connectivity index is 2.53. The number of benzene rings is 1. The molecule has 0 radical (unpaired) electrons. The van der Waals surface area contributed by atoms with Gasteiger partial charge >= 0.3 is 5.92 Å². The summed E-state index contributed by atoms with van der Waals surface area (Å²) >= 11 is 4.75. The Morgan fingerprint density at radius 2 is 2.00 bits per heavy atom. The highest BCUT2D eigenvalue weighted by atomic mass is 35.5. The van der Waals surface area contributed by atoms with E-state index in [0.717, 1.165) is 0 Å². The van der Waals surface area contributed by atoms with Crippen molar-refractivity contribution in [3.8, 4) is 0 Å². The normalized spacial score (nSPS) is 14.4. The molecule has 0 bridgehead atoms. The van der Waals surface area contributed by atoms with Gasteiger partial charge in [-0.2, -0.15) is 8.78 Å². The number of rotatable bonds is 2. The molecule has 1 aromatic heterocycles. The van der Waals surface area contributed by atoms with Crippen LogP contribution in [0.15, 0.2) is 24.3 Å². The van der Waals surface area contributed by atoms with Crippen molar-refractivity contribution in [1.82, 2.24) is 9.97 Å². The Kier molecular flexibility index (Phi) is 2.34. The zero-order chi connectivity index (χ0) is 11.1. The van der Waals surface area contributed by atoms with Gasteiger partial charge in [-0.1, -0.05) is 23.7 Å². The number of imidazole rings is 1. The number of H-pyrrole nitrogens is 1. The van der Waals surface area contributed by atoms with Crippen LogP contribution in [0.4, 0.5) is 13.2 Å². The van der Waals surface area contributed by atoms with Crippen molar-refractivity contribution in [3.05, 3.63) is 30.1 Å². The molecule has 0 aliphatic rings. The van der Waals surface area contributed by atoms with Crippen molar-refractivity contribution in [2.24, 2.45) is 0 Å². The van der Waals surface area contributed by atoms with E-state index in [9.17, 15) is 13.2 Å². The highest BCUT2D eigenvalue weighted by Crippen LogP contribution is 2.34. The minimum absolute atomic E-state index is 0.351. The zero-order valence-corrected chi connectivity index (χ0v) is 8.10. The van der Waals surface area contributed by atoms with E-state index in [1.807, 2.05) is 0 Å². The first kappa shape index (κ1) is 10.3. The van der Waals surface area contributed by atoms with Crippen molar-refractivity contribution in [1.29, 1.82) is 0 Å². The summed E-state index contributed by atoms with van der Waals surface area (Å²) in [6, 6.07) is 6.44. The third-order valence-electron chi connectivity index (χ3n) is 1.98. The van der Waals surface area contributed by atoms with Crippen LogP contribution in [0.5, 0.6) is 0 Å². The van der Waals surface area contributed by atoms with E-state index in [-0.39, 0.29) is 0 Å². The molecule has 80 valence electrons. The molecule has 1 aromatic carbocycles. The summed E-state index contributed by atoms with van der Waals surface area (Å²) in [5, 5.41) is 0. The van der Waals surface area contributed by atoms with Crippen LogP contribution in [0, 0.1) is 0 Å².